The zero-order chi connectivity index (χ0) is 24.6. The summed E-state index contributed by atoms with van der Waals surface area (Å²) < 4.78 is 12.3. The number of carboxylic acid groups (broad SMARTS) is 2. The van der Waals surface area contributed by atoms with E-state index in [1.807, 2.05) is 0 Å². The monoisotopic (exact) mass is 493 g/mol. The minimum Gasteiger partial charge on any atom is -0.479 e. The standard InChI is InChI=1S/C20H20ClN5O8/c21-19-24-14(22)11-15(25-19)26(8-23-11)16-13(28)12(27)10(34-16)7-33-20(17(29)30,18(31)32)6-9-4-2-1-3-5-9/h1-5,8,10,12-13,16,27-28H,6-7H2,(H,29,30)(H,31,32)(H2,22,24,25)/t10-,12+,13-,16-/m1/s1. The molecule has 0 spiro atoms. The Kier molecular flexibility index (Phi) is 6.38. The molecule has 3 aromatic rings. The zero-order valence-electron chi connectivity index (χ0n) is 17.4. The van der Waals surface area contributed by atoms with Crippen LogP contribution in [-0.4, -0.2) is 82.4 Å². The fourth-order valence-electron chi connectivity index (χ4n) is 3.72. The molecule has 1 fully saturated rings. The van der Waals surface area contributed by atoms with Gasteiger partial charge in [0.25, 0.3) is 5.60 Å². The molecule has 4 atom stereocenters. The second kappa shape index (κ2) is 9.12. The first kappa shape index (κ1) is 23.8. The van der Waals surface area contributed by atoms with Crippen LogP contribution in [-0.2, 0) is 25.5 Å². The summed E-state index contributed by atoms with van der Waals surface area (Å²) in [5.41, 5.74) is 3.86. The lowest BCUT2D eigenvalue weighted by Gasteiger charge is -2.27. The quantitative estimate of drug-likeness (QED) is 0.205. The van der Waals surface area contributed by atoms with Gasteiger partial charge in [-0.15, -0.1) is 0 Å². The number of aliphatic hydroxyl groups excluding tert-OH is 2. The van der Waals surface area contributed by atoms with E-state index in [0.29, 0.717) is 5.56 Å². The highest BCUT2D eigenvalue weighted by molar-refractivity contribution is 6.28. The molecule has 0 radical (unpaired) electrons. The first-order valence-corrected chi connectivity index (χ1v) is 10.3. The molecule has 3 heterocycles. The van der Waals surface area contributed by atoms with Gasteiger partial charge in [-0.3, -0.25) is 4.57 Å². The average molecular weight is 494 g/mol. The Labute approximate surface area is 196 Å². The fourth-order valence-corrected chi connectivity index (χ4v) is 3.89. The number of carboxylic acids is 2. The molecular formula is C20H20ClN5O8. The van der Waals surface area contributed by atoms with Crippen molar-refractivity contribution >= 4 is 40.5 Å². The molecule has 1 aromatic carbocycles. The molecule has 1 aliphatic rings. The molecule has 0 saturated carbocycles. The van der Waals surface area contributed by atoms with Crippen molar-refractivity contribution < 1.29 is 39.5 Å². The molecule has 4 rings (SSSR count). The Balaban J connectivity index is 1.57. The van der Waals surface area contributed by atoms with E-state index in [2.05, 4.69) is 15.0 Å². The highest BCUT2D eigenvalue weighted by Crippen LogP contribution is 2.33. The molecule has 34 heavy (non-hydrogen) atoms. The lowest BCUT2D eigenvalue weighted by molar-refractivity contribution is -0.190. The highest BCUT2D eigenvalue weighted by atomic mass is 35.5. The summed E-state index contributed by atoms with van der Waals surface area (Å²) in [7, 11) is 0. The van der Waals surface area contributed by atoms with Crippen molar-refractivity contribution in [3.8, 4) is 0 Å². The number of aromatic nitrogens is 4. The van der Waals surface area contributed by atoms with E-state index in [9.17, 15) is 30.0 Å². The number of imidazole rings is 1. The molecule has 0 unspecified atom stereocenters. The van der Waals surface area contributed by atoms with E-state index in [1.54, 1.807) is 30.3 Å². The first-order valence-electron chi connectivity index (χ1n) is 9.96. The third-order valence-electron chi connectivity index (χ3n) is 5.51. The van der Waals surface area contributed by atoms with Crippen molar-refractivity contribution in [2.45, 2.75) is 36.6 Å². The van der Waals surface area contributed by atoms with Crippen LogP contribution < -0.4 is 5.73 Å². The Morgan fingerprint density at radius 2 is 1.82 bits per heavy atom. The summed E-state index contributed by atoms with van der Waals surface area (Å²) in [6, 6.07) is 8.09. The average Bonchev–Trinajstić information content (AvgIpc) is 3.33. The predicted molar refractivity (Wildman–Crippen MR) is 115 cm³/mol. The molecule has 13 nitrogen and oxygen atoms in total. The largest absolute Gasteiger partial charge is 0.479 e. The maximum Gasteiger partial charge on any atom is 0.348 e. The molecule has 14 heteroatoms. The maximum absolute atomic E-state index is 12.0. The van der Waals surface area contributed by atoms with Crippen LogP contribution in [0.25, 0.3) is 11.2 Å². The van der Waals surface area contributed by atoms with Crippen LogP contribution in [0.2, 0.25) is 5.28 Å². The van der Waals surface area contributed by atoms with Gasteiger partial charge in [-0.25, -0.2) is 14.6 Å². The van der Waals surface area contributed by atoms with Crippen LogP contribution in [0.5, 0.6) is 0 Å². The number of benzene rings is 1. The van der Waals surface area contributed by atoms with Crippen LogP contribution in [0.3, 0.4) is 0 Å². The Morgan fingerprint density at radius 1 is 1.15 bits per heavy atom. The Bertz CT molecular complexity index is 1210. The van der Waals surface area contributed by atoms with Crippen molar-refractivity contribution in [3.63, 3.8) is 0 Å². The van der Waals surface area contributed by atoms with Crippen molar-refractivity contribution in [1.82, 2.24) is 19.5 Å². The van der Waals surface area contributed by atoms with Gasteiger partial charge in [-0.2, -0.15) is 9.97 Å². The topological polar surface area (TPSA) is 203 Å². The van der Waals surface area contributed by atoms with Gasteiger partial charge in [0.1, 0.15) is 23.8 Å². The maximum atomic E-state index is 12.0. The summed E-state index contributed by atoms with van der Waals surface area (Å²) in [5, 5.41) is 40.3. The highest BCUT2D eigenvalue weighted by Gasteiger charge is 2.51. The van der Waals surface area contributed by atoms with E-state index in [4.69, 9.17) is 26.8 Å². The minimum atomic E-state index is -2.65. The number of aliphatic hydroxyl groups is 2. The molecule has 0 aliphatic carbocycles. The van der Waals surface area contributed by atoms with Crippen molar-refractivity contribution in [2.24, 2.45) is 0 Å². The number of anilines is 1. The van der Waals surface area contributed by atoms with E-state index in [-0.39, 0.29) is 22.3 Å². The van der Waals surface area contributed by atoms with Gasteiger partial charge in [-0.05, 0) is 17.2 Å². The number of carbonyl (C=O) groups is 2. The van der Waals surface area contributed by atoms with Gasteiger partial charge in [-0.1, -0.05) is 30.3 Å². The number of nitrogens with zero attached hydrogens (tertiary/aromatic N) is 4. The number of aliphatic carboxylic acids is 2. The Hall–Kier alpha value is -3.36. The number of nitrogens with two attached hydrogens (primary N) is 1. The van der Waals surface area contributed by atoms with Crippen molar-refractivity contribution in [1.29, 1.82) is 0 Å². The lowest BCUT2D eigenvalue weighted by Crippen LogP contribution is -2.52. The SMILES string of the molecule is Nc1nc(Cl)nc2c1ncn2[C@@H]1O[C@H](COC(Cc2ccccc2)(C(=O)O)C(=O)O)[C@H](O)[C@H]1O. The van der Waals surface area contributed by atoms with Gasteiger partial charge >= 0.3 is 11.9 Å². The van der Waals surface area contributed by atoms with Gasteiger partial charge in [0, 0.05) is 6.42 Å². The molecule has 6 N–H and O–H groups in total. The lowest BCUT2D eigenvalue weighted by atomic mass is 9.94. The summed E-state index contributed by atoms with van der Waals surface area (Å²) in [4.78, 5) is 35.8. The smallest absolute Gasteiger partial charge is 0.348 e. The molecule has 1 aliphatic heterocycles. The summed E-state index contributed by atoms with van der Waals surface area (Å²) in [6.45, 7) is -0.648. The number of ether oxygens (including phenoxy) is 2. The van der Waals surface area contributed by atoms with Gasteiger partial charge in [0.05, 0.1) is 12.9 Å². The normalized spacial score (nSPS) is 22.8. The third-order valence-corrected chi connectivity index (χ3v) is 5.68. The third kappa shape index (κ3) is 4.15. The van der Waals surface area contributed by atoms with E-state index >= 15 is 0 Å². The van der Waals surface area contributed by atoms with Crippen LogP contribution in [0.1, 0.15) is 11.8 Å². The number of rotatable bonds is 8. The summed E-state index contributed by atoms with van der Waals surface area (Å²) in [6.07, 6.45) is -4.79. The molecule has 180 valence electrons. The molecule has 0 bridgehead atoms. The van der Waals surface area contributed by atoms with Crippen molar-refractivity contribution in [3.05, 3.63) is 47.5 Å². The van der Waals surface area contributed by atoms with Gasteiger partial charge < -0.3 is 35.6 Å². The molecule has 2 aromatic heterocycles. The number of fused-ring (bicyclic) bond motifs is 1. The second-order valence-corrected chi connectivity index (χ2v) is 8.00. The van der Waals surface area contributed by atoms with Gasteiger partial charge in [0.2, 0.25) is 5.28 Å². The van der Waals surface area contributed by atoms with E-state index < -0.39 is 55.1 Å². The van der Waals surface area contributed by atoms with Crippen LogP contribution in [0.4, 0.5) is 5.82 Å². The fraction of sp³-hybridized carbons (Fsp3) is 0.350. The minimum absolute atomic E-state index is 0.00437. The second-order valence-electron chi connectivity index (χ2n) is 7.66. The number of hydrogen-bond acceptors (Lipinski definition) is 10. The molecule has 0 amide bonds. The molecule has 1 saturated heterocycles. The van der Waals surface area contributed by atoms with Crippen LogP contribution in [0.15, 0.2) is 36.7 Å². The number of hydrogen-bond donors (Lipinski definition) is 5. The summed E-state index contributed by atoms with van der Waals surface area (Å²) in [5.74, 6) is -3.46. The summed E-state index contributed by atoms with van der Waals surface area (Å²) >= 11 is 5.85. The van der Waals surface area contributed by atoms with E-state index in [1.165, 1.54) is 10.9 Å². The zero-order valence-corrected chi connectivity index (χ0v) is 18.1. The van der Waals surface area contributed by atoms with E-state index in [0.717, 1.165) is 0 Å². The van der Waals surface area contributed by atoms with Gasteiger partial charge in [0.15, 0.2) is 17.7 Å². The number of nitrogen functional groups attached to an aromatic ring is 1. The molecular weight excluding hydrogens is 474 g/mol. The van der Waals surface area contributed by atoms with Crippen LogP contribution in [0, 0.1) is 0 Å². The number of halogens is 1. The van der Waals surface area contributed by atoms with Crippen LogP contribution >= 0.6 is 11.6 Å². The Morgan fingerprint density at radius 3 is 2.47 bits per heavy atom. The predicted octanol–water partition coefficient (Wildman–Crippen LogP) is -0.152. The van der Waals surface area contributed by atoms with Crippen molar-refractivity contribution in [2.75, 3.05) is 12.3 Å². The first-order chi connectivity index (χ1) is 16.1.